The molecule has 0 unspecified atom stereocenters. The van der Waals surface area contributed by atoms with Crippen LogP contribution in [0.2, 0.25) is 0 Å². The Morgan fingerprint density at radius 1 is 1.25 bits per heavy atom. The molecule has 1 atom stereocenters. The van der Waals surface area contributed by atoms with Gasteiger partial charge in [0.15, 0.2) is 5.65 Å². The van der Waals surface area contributed by atoms with Crippen molar-refractivity contribution in [3.63, 3.8) is 0 Å². The lowest BCUT2D eigenvalue weighted by atomic mass is 10.0. The first-order valence-corrected chi connectivity index (χ1v) is 9.56. The number of aryl methyl sites for hydroxylation is 3. The van der Waals surface area contributed by atoms with Gasteiger partial charge < -0.3 is 5.32 Å². The lowest BCUT2D eigenvalue weighted by molar-refractivity contribution is -0.121. The average Bonchev–Trinajstić information content (AvgIpc) is 3.10. The monoisotopic (exact) mass is 375 g/mol. The first kappa shape index (κ1) is 19.6. The lowest BCUT2D eigenvalue weighted by Gasteiger charge is -2.15. The van der Waals surface area contributed by atoms with Crippen molar-refractivity contribution in [1.82, 2.24) is 19.9 Å². The van der Waals surface area contributed by atoms with Crippen molar-refractivity contribution in [3.05, 3.63) is 64.6 Å². The van der Waals surface area contributed by atoms with Crippen LogP contribution in [0.25, 0.3) is 5.65 Å². The van der Waals surface area contributed by atoms with E-state index >= 15 is 0 Å². The van der Waals surface area contributed by atoms with Gasteiger partial charge in [-0.25, -0.2) is 9.50 Å². The van der Waals surface area contributed by atoms with Crippen molar-refractivity contribution in [3.8, 4) is 6.07 Å². The molecule has 6 nitrogen and oxygen atoms in total. The predicted octanol–water partition coefficient (Wildman–Crippen LogP) is 3.29. The number of amides is 1. The quantitative estimate of drug-likeness (QED) is 0.687. The Balaban J connectivity index is 1.58. The zero-order valence-corrected chi connectivity index (χ0v) is 16.6. The summed E-state index contributed by atoms with van der Waals surface area (Å²) in [6.07, 6.45) is 4.38. The summed E-state index contributed by atoms with van der Waals surface area (Å²) in [6, 6.07) is 12.5. The molecule has 0 radical (unpaired) electrons. The van der Waals surface area contributed by atoms with E-state index in [2.05, 4.69) is 33.6 Å². The fourth-order valence-corrected chi connectivity index (χ4v) is 3.44. The first-order valence-electron chi connectivity index (χ1n) is 9.56. The van der Waals surface area contributed by atoms with E-state index in [0.29, 0.717) is 24.1 Å². The van der Waals surface area contributed by atoms with Crippen LogP contribution in [-0.2, 0) is 17.6 Å². The number of carbonyl (C=O) groups is 1. The molecule has 1 N–H and O–H groups in total. The molecule has 0 bridgehead atoms. The lowest BCUT2D eigenvalue weighted by Crippen LogP contribution is -2.33. The van der Waals surface area contributed by atoms with E-state index in [9.17, 15) is 4.79 Å². The molecule has 3 rings (SSSR count). The third-order valence-electron chi connectivity index (χ3n) is 5.05. The summed E-state index contributed by atoms with van der Waals surface area (Å²) in [4.78, 5) is 16.9. The van der Waals surface area contributed by atoms with Crippen LogP contribution in [0.1, 0.15) is 47.8 Å². The van der Waals surface area contributed by atoms with Crippen molar-refractivity contribution < 1.29 is 4.79 Å². The third-order valence-corrected chi connectivity index (χ3v) is 5.05. The molecule has 0 aliphatic heterocycles. The number of hydrogen-bond acceptors (Lipinski definition) is 4. The summed E-state index contributed by atoms with van der Waals surface area (Å²) in [5.41, 5.74) is 5.08. The van der Waals surface area contributed by atoms with Gasteiger partial charge in [0.2, 0.25) is 5.91 Å². The SMILES string of the molecule is Cc1nc2c(C#N)cnn2c(C)c1CCC(=O)N[C@@H](C)CCc1ccccc1. The summed E-state index contributed by atoms with van der Waals surface area (Å²) in [6.45, 7) is 5.90. The molecule has 2 aromatic heterocycles. The van der Waals surface area contributed by atoms with Crippen LogP contribution in [0, 0.1) is 25.2 Å². The van der Waals surface area contributed by atoms with Gasteiger partial charge in [0.05, 0.1) is 6.20 Å². The number of nitrogens with one attached hydrogen (secondary N) is 1. The molecule has 2 heterocycles. The largest absolute Gasteiger partial charge is 0.354 e. The molecular formula is C22H25N5O. The van der Waals surface area contributed by atoms with Crippen LogP contribution in [-0.4, -0.2) is 26.5 Å². The molecular weight excluding hydrogens is 350 g/mol. The molecule has 6 heteroatoms. The van der Waals surface area contributed by atoms with E-state index in [1.165, 1.54) is 11.8 Å². The van der Waals surface area contributed by atoms with E-state index in [-0.39, 0.29) is 11.9 Å². The highest BCUT2D eigenvalue weighted by molar-refractivity contribution is 5.76. The van der Waals surface area contributed by atoms with Gasteiger partial charge in [0.25, 0.3) is 0 Å². The van der Waals surface area contributed by atoms with Crippen molar-refractivity contribution in [1.29, 1.82) is 5.26 Å². The smallest absolute Gasteiger partial charge is 0.220 e. The van der Waals surface area contributed by atoms with E-state index in [1.807, 2.05) is 39.0 Å². The Morgan fingerprint density at radius 2 is 2.00 bits per heavy atom. The van der Waals surface area contributed by atoms with Gasteiger partial charge in [-0.15, -0.1) is 0 Å². The molecule has 0 aliphatic carbocycles. The maximum atomic E-state index is 12.4. The number of fused-ring (bicyclic) bond motifs is 1. The van der Waals surface area contributed by atoms with Crippen molar-refractivity contribution in [2.45, 2.75) is 52.5 Å². The van der Waals surface area contributed by atoms with Crippen molar-refractivity contribution >= 4 is 11.6 Å². The molecule has 0 spiro atoms. The summed E-state index contributed by atoms with van der Waals surface area (Å²) in [5.74, 6) is 0.0395. The van der Waals surface area contributed by atoms with Gasteiger partial charge in [-0.1, -0.05) is 30.3 Å². The molecule has 1 amide bonds. The second kappa shape index (κ2) is 8.66. The second-order valence-corrected chi connectivity index (χ2v) is 7.16. The number of carbonyl (C=O) groups excluding carboxylic acids is 1. The maximum absolute atomic E-state index is 12.4. The minimum Gasteiger partial charge on any atom is -0.354 e. The highest BCUT2D eigenvalue weighted by Gasteiger charge is 2.15. The highest BCUT2D eigenvalue weighted by atomic mass is 16.1. The Hall–Kier alpha value is -3.20. The van der Waals surface area contributed by atoms with Crippen LogP contribution < -0.4 is 5.32 Å². The number of hydrogen-bond donors (Lipinski definition) is 1. The van der Waals surface area contributed by atoms with Crippen molar-refractivity contribution in [2.75, 3.05) is 0 Å². The normalized spacial score (nSPS) is 11.9. The minimum absolute atomic E-state index is 0.0395. The molecule has 0 saturated heterocycles. The topological polar surface area (TPSA) is 83.1 Å². The molecule has 0 fully saturated rings. The van der Waals surface area contributed by atoms with Gasteiger partial charge in [0.1, 0.15) is 11.6 Å². The fraction of sp³-hybridized carbons (Fsp3) is 0.364. The number of benzene rings is 1. The fourth-order valence-electron chi connectivity index (χ4n) is 3.44. The summed E-state index contributed by atoms with van der Waals surface area (Å²) in [7, 11) is 0. The van der Waals surface area contributed by atoms with Gasteiger partial charge in [0, 0.05) is 23.9 Å². The standard InChI is InChI=1S/C22H25N5O/c1-15(9-10-18-7-5-4-6-8-18)25-21(28)12-11-20-16(2)26-22-19(13-23)14-24-27(22)17(20)3/h4-8,14-15H,9-12H2,1-3H3,(H,25,28)/t15-/m0/s1. The van der Waals surface area contributed by atoms with Gasteiger partial charge >= 0.3 is 0 Å². The predicted molar refractivity (Wildman–Crippen MR) is 108 cm³/mol. The van der Waals surface area contributed by atoms with Crippen LogP contribution in [0.4, 0.5) is 0 Å². The number of rotatable bonds is 7. The molecule has 0 aliphatic rings. The molecule has 3 aromatic rings. The second-order valence-electron chi connectivity index (χ2n) is 7.16. The van der Waals surface area contributed by atoms with Gasteiger partial charge in [-0.2, -0.15) is 10.4 Å². The van der Waals surface area contributed by atoms with Gasteiger partial charge in [-0.05, 0) is 51.2 Å². The van der Waals surface area contributed by atoms with Crippen LogP contribution in [0.3, 0.4) is 0 Å². The highest BCUT2D eigenvalue weighted by Crippen LogP contribution is 2.18. The first-order chi connectivity index (χ1) is 13.5. The summed E-state index contributed by atoms with van der Waals surface area (Å²) < 4.78 is 1.68. The Kier molecular flexibility index (Phi) is 6.05. The molecule has 0 saturated carbocycles. The third kappa shape index (κ3) is 4.37. The molecule has 144 valence electrons. The Bertz CT molecular complexity index is 1020. The maximum Gasteiger partial charge on any atom is 0.220 e. The molecule has 28 heavy (non-hydrogen) atoms. The number of nitrogens with zero attached hydrogens (tertiary/aromatic N) is 4. The van der Waals surface area contributed by atoms with E-state index in [4.69, 9.17) is 5.26 Å². The van der Waals surface area contributed by atoms with Crippen molar-refractivity contribution in [2.24, 2.45) is 0 Å². The number of aromatic nitrogens is 3. The minimum atomic E-state index is 0.0395. The van der Waals surface area contributed by atoms with E-state index < -0.39 is 0 Å². The van der Waals surface area contributed by atoms with E-state index in [1.54, 1.807) is 4.52 Å². The Morgan fingerprint density at radius 3 is 2.71 bits per heavy atom. The summed E-state index contributed by atoms with van der Waals surface area (Å²) in [5, 5.41) is 16.5. The Labute approximate surface area is 165 Å². The average molecular weight is 375 g/mol. The molecule has 1 aromatic carbocycles. The van der Waals surface area contributed by atoms with Crippen LogP contribution in [0.15, 0.2) is 36.5 Å². The van der Waals surface area contributed by atoms with Gasteiger partial charge in [-0.3, -0.25) is 4.79 Å². The summed E-state index contributed by atoms with van der Waals surface area (Å²) >= 11 is 0. The number of nitriles is 1. The van der Waals surface area contributed by atoms with Crippen LogP contribution in [0.5, 0.6) is 0 Å². The zero-order chi connectivity index (χ0) is 20.1. The zero-order valence-electron chi connectivity index (χ0n) is 16.6. The van der Waals surface area contributed by atoms with Crippen LogP contribution >= 0.6 is 0 Å². The van der Waals surface area contributed by atoms with E-state index in [0.717, 1.165) is 29.8 Å².